The summed E-state index contributed by atoms with van der Waals surface area (Å²) in [6.45, 7) is 21.4. The Morgan fingerprint density at radius 3 is 2.10 bits per heavy atom. The molecule has 3 aromatic rings. The molecule has 0 saturated carbocycles. The fourth-order valence-electron chi connectivity index (χ4n) is 7.45. The molecule has 0 aliphatic carbocycles. The van der Waals surface area contributed by atoms with E-state index in [0.29, 0.717) is 17.7 Å². The number of likely N-dealkylation sites (N-methyl/N-ethyl adjacent to an activating group) is 1. The van der Waals surface area contributed by atoms with E-state index < -0.39 is 82.5 Å². The standard InChI is InChI=1S/C53H69N5O9/c1-14-18-37-32-43(58(33-37)48(62)44(51(4,5)6)56-45(59)34(3)57(13)50(64)67-53(10,11)12)47(61)54-41(28-24-35-21-25-38-19-16-17-20-39(38)30-35)46(60)55-42(49(63)66-52(7,8)9)31-36-22-26-40(27-23-36)65-29-15-2/h2,14,16-17,19-28,30,34,37,41-44H,1,18,29,31-33H2,3-13H3,(H,54,61)(H,55,60)(H,56,59). The summed E-state index contributed by atoms with van der Waals surface area (Å²) in [4.78, 5) is 87.0. The van der Waals surface area contributed by atoms with Crippen LogP contribution in [-0.2, 0) is 39.9 Å². The first-order valence-electron chi connectivity index (χ1n) is 22.6. The Kier molecular flexibility index (Phi) is 18.0. The molecule has 4 rings (SSSR count). The summed E-state index contributed by atoms with van der Waals surface area (Å²) in [6, 6.07) is 14.9. The number of benzene rings is 3. The highest BCUT2D eigenvalue weighted by Gasteiger charge is 2.46. The summed E-state index contributed by atoms with van der Waals surface area (Å²) < 4.78 is 16.7. The predicted molar refractivity (Wildman–Crippen MR) is 260 cm³/mol. The Morgan fingerprint density at radius 1 is 0.866 bits per heavy atom. The molecular weight excluding hydrogens is 851 g/mol. The van der Waals surface area contributed by atoms with Gasteiger partial charge in [-0.15, -0.1) is 13.0 Å². The van der Waals surface area contributed by atoms with E-state index in [1.807, 2.05) is 42.5 Å². The maximum atomic E-state index is 14.8. The summed E-state index contributed by atoms with van der Waals surface area (Å²) in [5.41, 5.74) is -1.08. The Hall–Kier alpha value is -6.62. The molecule has 67 heavy (non-hydrogen) atoms. The number of carbonyl (C=O) groups excluding carboxylic acids is 6. The Bertz CT molecular complexity index is 2330. The minimum atomic E-state index is -1.33. The van der Waals surface area contributed by atoms with E-state index in [1.54, 1.807) is 105 Å². The summed E-state index contributed by atoms with van der Waals surface area (Å²) in [5.74, 6) is -0.296. The van der Waals surface area contributed by atoms with Gasteiger partial charge in [-0.25, -0.2) is 9.59 Å². The van der Waals surface area contributed by atoms with Crippen molar-refractivity contribution in [3.8, 4) is 18.1 Å². The molecule has 0 aromatic heterocycles. The minimum Gasteiger partial charge on any atom is -0.481 e. The number of ether oxygens (including phenoxy) is 3. The molecule has 1 heterocycles. The van der Waals surface area contributed by atoms with Crippen LogP contribution < -0.4 is 20.7 Å². The zero-order valence-electron chi connectivity index (χ0n) is 40.9. The van der Waals surface area contributed by atoms with Crippen LogP contribution in [0, 0.1) is 23.7 Å². The monoisotopic (exact) mass is 920 g/mol. The number of nitrogens with one attached hydrogen (secondary N) is 3. The molecule has 1 saturated heterocycles. The molecule has 0 bridgehead atoms. The molecule has 360 valence electrons. The van der Waals surface area contributed by atoms with Gasteiger partial charge in [0.1, 0.15) is 53.8 Å². The fraction of sp³-hybridized carbons (Fsp3) is 0.472. The molecule has 0 spiro atoms. The van der Waals surface area contributed by atoms with E-state index >= 15 is 0 Å². The average Bonchev–Trinajstić information content (AvgIpc) is 3.68. The highest BCUT2D eigenvalue weighted by Crippen LogP contribution is 2.31. The number of amides is 5. The van der Waals surface area contributed by atoms with Gasteiger partial charge in [-0.1, -0.05) is 93.5 Å². The number of allylic oxidation sites excluding steroid dienone is 1. The predicted octanol–water partition coefficient (Wildman–Crippen LogP) is 7.00. The first kappa shape index (κ1) is 53.0. The summed E-state index contributed by atoms with van der Waals surface area (Å²) >= 11 is 0. The topological polar surface area (TPSA) is 173 Å². The normalized spacial score (nSPS) is 17.0. The number of hydrogen-bond donors (Lipinski definition) is 3. The number of fused-ring (bicyclic) bond motifs is 1. The second kappa shape index (κ2) is 22.7. The van der Waals surface area contributed by atoms with Crippen LogP contribution in [0.2, 0.25) is 0 Å². The summed E-state index contributed by atoms with van der Waals surface area (Å²) in [5, 5.41) is 10.6. The lowest BCUT2D eigenvalue weighted by Crippen LogP contribution is -2.61. The van der Waals surface area contributed by atoms with Gasteiger partial charge in [-0.05, 0) is 113 Å². The highest BCUT2D eigenvalue weighted by atomic mass is 16.6. The van der Waals surface area contributed by atoms with Crippen molar-refractivity contribution in [1.29, 1.82) is 0 Å². The number of likely N-dealkylation sites (tertiary alicyclic amines) is 1. The fourth-order valence-corrected chi connectivity index (χ4v) is 7.45. The molecule has 14 nitrogen and oxygen atoms in total. The van der Waals surface area contributed by atoms with E-state index in [2.05, 4.69) is 28.4 Å². The number of terminal acetylenes is 1. The van der Waals surface area contributed by atoms with Crippen LogP contribution in [0.25, 0.3) is 16.8 Å². The Labute approximate surface area is 396 Å². The second-order valence-electron chi connectivity index (χ2n) is 20.1. The van der Waals surface area contributed by atoms with E-state index in [-0.39, 0.29) is 31.9 Å². The van der Waals surface area contributed by atoms with Crippen molar-refractivity contribution < 1.29 is 43.0 Å². The van der Waals surface area contributed by atoms with Crippen molar-refractivity contribution in [2.45, 2.75) is 130 Å². The smallest absolute Gasteiger partial charge is 0.410 e. The number of rotatable bonds is 17. The first-order valence-corrected chi connectivity index (χ1v) is 22.6. The van der Waals surface area contributed by atoms with Crippen LogP contribution in [0.4, 0.5) is 4.79 Å². The lowest BCUT2D eigenvalue weighted by molar-refractivity contribution is -0.158. The number of esters is 1. The third-order valence-electron chi connectivity index (χ3n) is 11.0. The molecule has 1 aliphatic heterocycles. The molecule has 5 amide bonds. The third kappa shape index (κ3) is 15.8. The van der Waals surface area contributed by atoms with Gasteiger partial charge in [0.2, 0.25) is 23.6 Å². The van der Waals surface area contributed by atoms with Crippen LogP contribution in [0.15, 0.2) is 85.5 Å². The van der Waals surface area contributed by atoms with E-state index in [1.165, 1.54) is 18.9 Å². The summed E-state index contributed by atoms with van der Waals surface area (Å²) in [6.07, 6.45) is 10.4. The van der Waals surface area contributed by atoms with E-state index in [0.717, 1.165) is 21.2 Å². The second-order valence-corrected chi connectivity index (χ2v) is 20.1. The maximum Gasteiger partial charge on any atom is 0.410 e. The molecule has 6 atom stereocenters. The van der Waals surface area contributed by atoms with Crippen molar-refractivity contribution in [2.24, 2.45) is 11.3 Å². The molecule has 3 N–H and O–H groups in total. The molecule has 1 fully saturated rings. The third-order valence-corrected chi connectivity index (χ3v) is 11.0. The number of hydrogen-bond acceptors (Lipinski definition) is 9. The SMILES string of the molecule is C#CCOc1ccc(CC(NC(=O)C(C=Cc2ccc3ccccc3c2)NC(=O)C2CC(CC=C)CN2C(=O)C(NC(=O)C(C)N(C)C(=O)OC(C)(C)C)C(C)(C)C)C(=O)OC(C)(C)C)cc1. The maximum absolute atomic E-state index is 14.8. The van der Waals surface area contributed by atoms with Crippen LogP contribution in [0.3, 0.4) is 0 Å². The first-order chi connectivity index (χ1) is 31.3. The van der Waals surface area contributed by atoms with Gasteiger partial charge in [0, 0.05) is 20.0 Å². The number of carbonyl (C=O) groups is 6. The minimum absolute atomic E-state index is 0.0470. The van der Waals surface area contributed by atoms with Gasteiger partial charge in [0.05, 0.1) is 0 Å². The average molecular weight is 920 g/mol. The molecule has 0 radical (unpaired) electrons. The zero-order chi connectivity index (χ0) is 49.9. The van der Waals surface area contributed by atoms with Crippen molar-refractivity contribution in [2.75, 3.05) is 20.2 Å². The van der Waals surface area contributed by atoms with Crippen molar-refractivity contribution >= 4 is 52.5 Å². The van der Waals surface area contributed by atoms with Gasteiger partial charge in [-0.2, -0.15) is 0 Å². The molecule has 3 aromatic carbocycles. The lowest BCUT2D eigenvalue weighted by Gasteiger charge is -2.37. The molecule has 6 unspecified atom stereocenters. The van der Waals surface area contributed by atoms with Crippen molar-refractivity contribution in [3.63, 3.8) is 0 Å². The molecular formula is C53H69N5O9. The largest absolute Gasteiger partial charge is 0.481 e. The molecule has 1 aliphatic rings. The molecule has 14 heteroatoms. The van der Waals surface area contributed by atoms with Crippen LogP contribution in [-0.4, -0.2) is 107 Å². The highest BCUT2D eigenvalue weighted by molar-refractivity contribution is 5.97. The zero-order valence-corrected chi connectivity index (χ0v) is 40.9. The van der Waals surface area contributed by atoms with Gasteiger partial charge in [0.25, 0.3) is 0 Å². The Morgan fingerprint density at radius 2 is 1.51 bits per heavy atom. The Balaban J connectivity index is 1.69. The van der Waals surface area contributed by atoms with Gasteiger partial charge < -0.3 is 35.1 Å². The van der Waals surface area contributed by atoms with E-state index in [4.69, 9.17) is 20.6 Å². The van der Waals surface area contributed by atoms with Gasteiger partial charge in [0.15, 0.2) is 0 Å². The van der Waals surface area contributed by atoms with Crippen LogP contribution >= 0.6 is 0 Å². The number of nitrogens with zero attached hydrogens (tertiary/aromatic N) is 2. The van der Waals surface area contributed by atoms with Crippen molar-refractivity contribution in [1.82, 2.24) is 25.8 Å². The van der Waals surface area contributed by atoms with Gasteiger partial charge in [-0.3, -0.25) is 24.1 Å². The van der Waals surface area contributed by atoms with E-state index in [9.17, 15) is 28.8 Å². The van der Waals surface area contributed by atoms with Gasteiger partial charge >= 0.3 is 12.1 Å². The quantitative estimate of drug-likeness (QED) is 0.0733. The van der Waals surface area contributed by atoms with Crippen LogP contribution in [0.1, 0.15) is 93.2 Å². The van der Waals surface area contributed by atoms with Crippen molar-refractivity contribution in [3.05, 3.63) is 96.6 Å². The van der Waals surface area contributed by atoms with Crippen LogP contribution in [0.5, 0.6) is 5.75 Å². The lowest BCUT2D eigenvalue weighted by atomic mass is 9.85. The summed E-state index contributed by atoms with van der Waals surface area (Å²) in [7, 11) is 1.44.